The molecule has 172 valence electrons. The van der Waals surface area contributed by atoms with E-state index < -0.39 is 0 Å². The van der Waals surface area contributed by atoms with Crippen LogP contribution < -0.4 is 4.90 Å². The molecule has 0 heterocycles. The monoisotopic (exact) mass is 525 g/mol. The lowest BCUT2D eigenvalue weighted by Crippen LogP contribution is -2.09. The van der Waals surface area contributed by atoms with Gasteiger partial charge in [-0.3, -0.25) is 0 Å². The van der Waals surface area contributed by atoms with Gasteiger partial charge in [0.2, 0.25) is 0 Å². The van der Waals surface area contributed by atoms with Crippen molar-refractivity contribution in [3.05, 3.63) is 149 Å². The van der Waals surface area contributed by atoms with E-state index in [2.05, 4.69) is 166 Å². The van der Waals surface area contributed by atoms with Gasteiger partial charge in [0.25, 0.3) is 0 Å². The highest BCUT2D eigenvalue weighted by molar-refractivity contribution is 9.10. The van der Waals surface area contributed by atoms with Crippen molar-refractivity contribution in [2.24, 2.45) is 0 Å². The molecule has 6 rings (SSSR count). The highest BCUT2D eigenvalue weighted by Crippen LogP contribution is 2.37. The van der Waals surface area contributed by atoms with Crippen LogP contribution in [0.3, 0.4) is 0 Å². The van der Waals surface area contributed by atoms with Gasteiger partial charge in [-0.25, -0.2) is 0 Å². The summed E-state index contributed by atoms with van der Waals surface area (Å²) in [5, 5.41) is 4.95. The van der Waals surface area contributed by atoms with E-state index in [1.165, 1.54) is 32.7 Å². The van der Waals surface area contributed by atoms with Gasteiger partial charge in [-0.15, -0.1) is 0 Å². The highest BCUT2D eigenvalue weighted by Gasteiger charge is 2.13. The largest absolute Gasteiger partial charge is 0.310 e. The number of fused-ring (bicyclic) bond motifs is 2. The Balaban J connectivity index is 1.40. The van der Waals surface area contributed by atoms with Gasteiger partial charge < -0.3 is 4.90 Å². The molecule has 0 N–H and O–H groups in total. The van der Waals surface area contributed by atoms with Crippen molar-refractivity contribution in [3.8, 4) is 0 Å². The van der Waals surface area contributed by atoms with E-state index in [4.69, 9.17) is 0 Å². The minimum Gasteiger partial charge on any atom is -0.310 e. The third-order valence-electron chi connectivity index (χ3n) is 6.47. The predicted octanol–water partition coefficient (Wildman–Crippen LogP) is 10.4. The molecule has 0 aliphatic carbocycles. The van der Waals surface area contributed by atoms with Gasteiger partial charge in [0.1, 0.15) is 0 Å². The summed E-state index contributed by atoms with van der Waals surface area (Å²) in [7, 11) is 0. The fourth-order valence-corrected chi connectivity index (χ4v) is 4.84. The number of halogens is 1. The third-order valence-corrected chi connectivity index (χ3v) is 7.00. The van der Waals surface area contributed by atoms with E-state index in [-0.39, 0.29) is 0 Å². The summed E-state index contributed by atoms with van der Waals surface area (Å²) in [6.07, 6.45) is 4.30. The molecule has 1 nitrogen and oxygen atoms in total. The average Bonchev–Trinajstić information content (AvgIpc) is 2.93. The van der Waals surface area contributed by atoms with E-state index in [0.717, 1.165) is 21.5 Å². The lowest BCUT2D eigenvalue weighted by molar-refractivity contribution is 1.29. The fraction of sp³-hybridized carbons (Fsp3) is 0. The lowest BCUT2D eigenvalue weighted by Gasteiger charge is -2.26. The number of anilines is 3. The van der Waals surface area contributed by atoms with Gasteiger partial charge in [0.05, 0.1) is 0 Å². The summed E-state index contributed by atoms with van der Waals surface area (Å²) in [6, 6.07) is 47.5. The number of hydrogen-bond acceptors (Lipinski definition) is 1. The summed E-state index contributed by atoms with van der Waals surface area (Å²) in [4.78, 5) is 2.33. The molecular formula is C34H24BrN. The van der Waals surface area contributed by atoms with Crippen LogP contribution in [0.1, 0.15) is 11.1 Å². The molecule has 0 atom stereocenters. The second kappa shape index (κ2) is 9.85. The molecule has 36 heavy (non-hydrogen) atoms. The maximum atomic E-state index is 3.50. The Kier molecular flexibility index (Phi) is 6.11. The molecule has 0 amide bonds. The Morgan fingerprint density at radius 2 is 0.833 bits per heavy atom. The molecule has 0 aliphatic heterocycles. The molecule has 0 spiro atoms. The van der Waals surface area contributed by atoms with Crippen molar-refractivity contribution in [2.75, 3.05) is 4.90 Å². The van der Waals surface area contributed by atoms with Gasteiger partial charge in [0, 0.05) is 21.5 Å². The molecule has 0 saturated heterocycles. The van der Waals surface area contributed by atoms with E-state index in [1.54, 1.807) is 0 Å². The van der Waals surface area contributed by atoms with Crippen LogP contribution in [0.4, 0.5) is 17.1 Å². The van der Waals surface area contributed by atoms with Crippen molar-refractivity contribution in [3.63, 3.8) is 0 Å². The van der Waals surface area contributed by atoms with Crippen LogP contribution >= 0.6 is 15.9 Å². The Morgan fingerprint density at radius 3 is 1.33 bits per heavy atom. The molecule has 0 radical (unpaired) electrons. The number of benzene rings is 6. The van der Waals surface area contributed by atoms with Crippen LogP contribution in [0, 0.1) is 0 Å². The van der Waals surface area contributed by atoms with Crippen molar-refractivity contribution >= 4 is 66.7 Å². The highest BCUT2D eigenvalue weighted by atomic mass is 79.9. The van der Waals surface area contributed by atoms with Gasteiger partial charge in [0.15, 0.2) is 0 Å². The zero-order valence-electron chi connectivity index (χ0n) is 19.7. The standard InChI is InChI=1S/C34H24BrN/c35-31-17-11-25(12-18-31)9-10-26-13-19-32(20-14-26)36(33-21-15-27-5-1-3-7-29(27)23-33)34-22-16-28-6-2-4-8-30(28)24-34/h1-24H. The van der Waals surface area contributed by atoms with Gasteiger partial charge >= 0.3 is 0 Å². The molecule has 6 aromatic rings. The first-order valence-electron chi connectivity index (χ1n) is 12.0. The topological polar surface area (TPSA) is 3.24 Å². The molecule has 0 aliphatic rings. The van der Waals surface area contributed by atoms with Crippen molar-refractivity contribution in [2.45, 2.75) is 0 Å². The van der Waals surface area contributed by atoms with Gasteiger partial charge in [-0.1, -0.05) is 113 Å². The Morgan fingerprint density at radius 1 is 0.417 bits per heavy atom. The average molecular weight is 526 g/mol. The van der Waals surface area contributed by atoms with Crippen LogP contribution in [-0.4, -0.2) is 0 Å². The number of hydrogen-bond donors (Lipinski definition) is 0. The quantitative estimate of drug-likeness (QED) is 0.202. The molecule has 2 heteroatoms. The van der Waals surface area contributed by atoms with Crippen LogP contribution in [0.25, 0.3) is 33.7 Å². The van der Waals surface area contributed by atoms with Crippen molar-refractivity contribution in [1.82, 2.24) is 0 Å². The van der Waals surface area contributed by atoms with Crippen LogP contribution in [-0.2, 0) is 0 Å². The third kappa shape index (κ3) is 4.68. The van der Waals surface area contributed by atoms with E-state index >= 15 is 0 Å². The van der Waals surface area contributed by atoms with Gasteiger partial charge in [-0.05, 0) is 81.2 Å². The molecule has 6 aromatic carbocycles. The van der Waals surface area contributed by atoms with E-state index in [9.17, 15) is 0 Å². The number of nitrogens with zero attached hydrogens (tertiary/aromatic N) is 1. The SMILES string of the molecule is Brc1ccc(C=Cc2ccc(N(c3ccc4ccccc4c3)c3ccc4ccccc4c3)cc2)cc1. The summed E-state index contributed by atoms with van der Waals surface area (Å²) in [5.41, 5.74) is 5.75. The normalized spacial score (nSPS) is 11.4. The first-order chi connectivity index (χ1) is 17.7. The predicted molar refractivity (Wildman–Crippen MR) is 159 cm³/mol. The smallest absolute Gasteiger partial charge is 0.0468 e. The molecule has 0 aromatic heterocycles. The first-order valence-corrected chi connectivity index (χ1v) is 12.8. The van der Waals surface area contributed by atoms with Gasteiger partial charge in [-0.2, -0.15) is 0 Å². The Bertz CT molecular complexity index is 1600. The first kappa shape index (κ1) is 22.3. The summed E-state index contributed by atoms with van der Waals surface area (Å²) >= 11 is 3.50. The second-order valence-electron chi connectivity index (χ2n) is 8.87. The van der Waals surface area contributed by atoms with E-state index in [0.29, 0.717) is 0 Å². The molecular weight excluding hydrogens is 502 g/mol. The number of rotatable bonds is 5. The Labute approximate surface area is 220 Å². The zero-order valence-corrected chi connectivity index (χ0v) is 21.3. The zero-order chi connectivity index (χ0) is 24.3. The van der Waals surface area contributed by atoms with E-state index in [1.807, 2.05) is 0 Å². The maximum absolute atomic E-state index is 3.50. The minimum atomic E-state index is 1.09. The molecule has 0 fully saturated rings. The molecule has 0 bridgehead atoms. The summed E-state index contributed by atoms with van der Waals surface area (Å²) in [5.74, 6) is 0. The maximum Gasteiger partial charge on any atom is 0.0468 e. The fourth-order valence-electron chi connectivity index (χ4n) is 4.58. The molecule has 0 saturated carbocycles. The Hall–Kier alpha value is -4.14. The minimum absolute atomic E-state index is 1.09. The lowest BCUT2D eigenvalue weighted by atomic mass is 10.1. The van der Waals surface area contributed by atoms with Crippen LogP contribution in [0.2, 0.25) is 0 Å². The van der Waals surface area contributed by atoms with Crippen molar-refractivity contribution < 1.29 is 0 Å². The molecule has 0 unspecified atom stereocenters. The van der Waals surface area contributed by atoms with Crippen molar-refractivity contribution in [1.29, 1.82) is 0 Å². The van der Waals surface area contributed by atoms with Crippen LogP contribution in [0.5, 0.6) is 0 Å². The second-order valence-corrected chi connectivity index (χ2v) is 9.79. The van der Waals surface area contributed by atoms with Crippen LogP contribution in [0.15, 0.2) is 138 Å². The summed E-state index contributed by atoms with van der Waals surface area (Å²) in [6.45, 7) is 0. The summed E-state index contributed by atoms with van der Waals surface area (Å²) < 4.78 is 1.09.